The van der Waals surface area contributed by atoms with Crippen LogP contribution in [0.2, 0.25) is 0 Å². The van der Waals surface area contributed by atoms with Crippen LogP contribution in [0.3, 0.4) is 0 Å². The lowest BCUT2D eigenvalue weighted by Crippen LogP contribution is -2.55. The first-order valence-corrected chi connectivity index (χ1v) is 11.7. The Morgan fingerprint density at radius 1 is 1.06 bits per heavy atom. The molecular formula is C25H33N3O7. The molecule has 0 aliphatic heterocycles. The van der Waals surface area contributed by atoms with Gasteiger partial charge in [0, 0.05) is 25.8 Å². The summed E-state index contributed by atoms with van der Waals surface area (Å²) in [5.74, 6) is -10.3. The first-order valence-electron chi connectivity index (χ1n) is 11.7. The van der Waals surface area contributed by atoms with E-state index in [1.807, 2.05) is 32.0 Å². The minimum atomic E-state index is -1.90. The summed E-state index contributed by atoms with van der Waals surface area (Å²) >= 11 is 0. The standard InChI is InChI=1S/C25H33N3O7/c1-6-11-10-15(28(4)5)13-9-12-7-8-14(27(2)3)20(30)18(25(26)35)23(33)24(34)22(32)16(12)21(31)17(13)19(11)29/h10,12,14,16,18,20,29-30H,6-9H2,1-5H3,(H2,26,35). The van der Waals surface area contributed by atoms with Gasteiger partial charge in [0.05, 0.1) is 17.6 Å². The topological polar surface area (TPSA) is 158 Å². The Hall–Kier alpha value is -3.11. The van der Waals surface area contributed by atoms with Crippen LogP contribution in [0.15, 0.2) is 6.07 Å². The first kappa shape index (κ1) is 26.5. The molecule has 0 radical (unpaired) electrons. The van der Waals surface area contributed by atoms with Gasteiger partial charge in [0.2, 0.25) is 17.5 Å². The van der Waals surface area contributed by atoms with Crippen molar-refractivity contribution >= 4 is 34.7 Å². The lowest BCUT2D eigenvalue weighted by molar-refractivity contribution is -0.152. The SMILES string of the molecule is CCc1cc(N(C)C)c2c(c1O)C(=O)C1C(=O)C(=O)C(=O)C(C(N)=O)C(O)C(N(C)C)CCC1C2. The van der Waals surface area contributed by atoms with Gasteiger partial charge in [0.1, 0.15) is 11.7 Å². The van der Waals surface area contributed by atoms with E-state index in [0.29, 0.717) is 17.5 Å². The predicted molar refractivity (Wildman–Crippen MR) is 127 cm³/mol. The van der Waals surface area contributed by atoms with Gasteiger partial charge in [-0.1, -0.05) is 6.92 Å². The van der Waals surface area contributed by atoms with Gasteiger partial charge < -0.3 is 25.7 Å². The number of anilines is 1. The molecule has 0 bridgehead atoms. The van der Waals surface area contributed by atoms with E-state index in [0.717, 1.165) is 5.69 Å². The number of ketones is 4. The van der Waals surface area contributed by atoms with Crippen molar-refractivity contribution in [3.8, 4) is 5.75 Å². The molecule has 0 saturated heterocycles. The van der Waals surface area contributed by atoms with Crippen LogP contribution in [0, 0.1) is 17.8 Å². The molecule has 5 unspecified atom stereocenters. The molecule has 4 N–H and O–H groups in total. The van der Waals surface area contributed by atoms with Crippen LogP contribution in [0.4, 0.5) is 5.69 Å². The summed E-state index contributed by atoms with van der Waals surface area (Å²) in [7, 11) is 6.93. The average molecular weight is 488 g/mol. The third-order valence-corrected chi connectivity index (χ3v) is 7.34. The molecule has 0 spiro atoms. The number of phenols is 1. The van der Waals surface area contributed by atoms with E-state index in [-0.39, 0.29) is 30.6 Å². The van der Waals surface area contributed by atoms with Crippen molar-refractivity contribution in [3.63, 3.8) is 0 Å². The van der Waals surface area contributed by atoms with Crippen LogP contribution in [-0.2, 0) is 32.0 Å². The molecular weight excluding hydrogens is 454 g/mol. The quantitative estimate of drug-likeness (QED) is 0.389. The molecule has 1 aromatic rings. The highest BCUT2D eigenvalue weighted by atomic mass is 16.3. The molecule has 3 rings (SSSR count). The van der Waals surface area contributed by atoms with Crippen LogP contribution in [0.5, 0.6) is 5.75 Å². The minimum absolute atomic E-state index is 0.00407. The van der Waals surface area contributed by atoms with Crippen LogP contribution < -0.4 is 10.6 Å². The van der Waals surface area contributed by atoms with Crippen molar-refractivity contribution in [1.82, 2.24) is 4.90 Å². The molecule has 1 fully saturated rings. The second kappa shape index (κ2) is 9.87. The molecule has 2 aliphatic carbocycles. The molecule has 2 aliphatic rings. The molecule has 1 saturated carbocycles. The predicted octanol–water partition coefficient (Wildman–Crippen LogP) is -0.114. The molecule has 35 heavy (non-hydrogen) atoms. The van der Waals surface area contributed by atoms with Gasteiger partial charge in [0.15, 0.2) is 5.78 Å². The average Bonchev–Trinajstić information content (AvgIpc) is 2.77. The van der Waals surface area contributed by atoms with Crippen LogP contribution >= 0.6 is 0 Å². The number of aliphatic hydroxyl groups excluding tert-OH is 1. The summed E-state index contributed by atoms with van der Waals surface area (Å²) in [6.07, 6.45) is -0.428. The Balaban J connectivity index is 2.20. The number of carbonyl (C=O) groups is 5. The number of hydrogen-bond acceptors (Lipinski definition) is 9. The van der Waals surface area contributed by atoms with Gasteiger partial charge in [-0.25, -0.2) is 0 Å². The number of Topliss-reactive ketones (excluding diaryl/α,β-unsaturated/α-hetero) is 4. The zero-order chi connectivity index (χ0) is 26.4. The molecule has 10 heteroatoms. The number of nitrogens with two attached hydrogens (primary N) is 1. The van der Waals surface area contributed by atoms with Gasteiger partial charge in [-0.3, -0.25) is 24.0 Å². The Kier molecular flexibility index (Phi) is 7.47. The number of aromatic hydroxyl groups is 1. The number of primary amides is 1. The summed E-state index contributed by atoms with van der Waals surface area (Å²) in [6, 6.07) is 1.08. The number of carbonyl (C=O) groups excluding carboxylic acids is 5. The van der Waals surface area contributed by atoms with Crippen molar-refractivity contribution in [2.24, 2.45) is 23.5 Å². The fraction of sp³-hybridized carbons (Fsp3) is 0.560. The van der Waals surface area contributed by atoms with Gasteiger partial charge >= 0.3 is 0 Å². The smallest absolute Gasteiger partial charge is 0.265 e. The number of hydrogen-bond donors (Lipinski definition) is 3. The lowest BCUT2D eigenvalue weighted by Gasteiger charge is -2.38. The van der Waals surface area contributed by atoms with E-state index < -0.39 is 58.9 Å². The van der Waals surface area contributed by atoms with Gasteiger partial charge in [-0.05, 0) is 62.9 Å². The van der Waals surface area contributed by atoms with Gasteiger partial charge in [0.25, 0.3) is 5.78 Å². The number of fused-ring (bicyclic) bond motifs is 2. The van der Waals surface area contributed by atoms with Crippen LogP contribution in [-0.4, -0.2) is 84.5 Å². The number of phenolic OH excluding ortho intramolecular Hbond substituents is 1. The Bertz CT molecular complexity index is 1100. The molecule has 0 aromatic heterocycles. The van der Waals surface area contributed by atoms with Crippen molar-refractivity contribution in [3.05, 3.63) is 22.8 Å². The molecule has 10 nitrogen and oxygen atoms in total. The second-order valence-electron chi connectivity index (χ2n) is 9.85. The van der Waals surface area contributed by atoms with Crippen LogP contribution in [0.1, 0.15) is 41.3 Å². The lowest BCUT2D eigenvalue weighted by atomic mass is 9.67. The monoisotopic (exact) mass is 487 g/mol. The van der Waals surface area contributed by atoms with E-state index in [1.165, 1.54) is 0 Å². The summed E-state index contributed by atoms with van der Waals surface area (Å²) < 4.78 is 0. The second-order valence-corrected chi connectivity index (χ2v) is 9.85. The van der Waals surface area contributed by atoms with Crippen molar-refractivity contribution in [2.75, 3.05) is 33.1 Å². The molecule has 190 valence electrons. The highest BCUT2D eigenvalue weighted by Crippen LogP contribution is 2.44. The molecule has 5 atom stereocenters. The molecule has 0 heterocycles. The number of rotatable bonds is 4. The van der Waals surface area contributed by atoms with E-state index in [9.17, 15) is 34.2 Å². The Labute approximate surface area is 204 Å². The van der Waals surface area contributed by atoms with E-state index in [1.54, 1.807) is 19.0 Å². The Morgan fingerprint density at radius 3 is 2.20 bits per heavy atom. The Morgan fingerprint density at radius 2 is 1.69 bits per heavy atom. The fourth-order valence-electron chi connectivity index (χ4n) is 5.44. The molecule has 1 amide bonds. The van der Waals surface area contributed by atoms with E-state index in [4.69, 9.17) is 5.73 Å². The van der Waals surface area contributed by atoms with Crippen molar-refractivity contribution in [2.45, 2.75) is 44.8 Å². The normalized spacial score (nSPS) is 27.5. The number of amides is 1. The molecule has 1 aromatic carbocycles. The zero-order valence-electron chi connectivity index (χ0n) is 20.7. The number of nitrogens with zero attached hydrogens (tertiary/aromatic N) is 2. The highest BCUT2D eigenvalue weighted by molar-refractivity contribution is 6.67. The van der Waals surface area contributed by atoms with Crippen molar-refractivity contribution in [1.29, 1.82) is 0 Å². The maximum atomic E-state index is 13.7. The highest BCUT2D eigenvalue weighted by Gasteiger charge is 2.50. The van der Waals surface area contributed by atoms with Gasteiger partial charge in [-0.15, -0.1) is 0 Å². The first-order chi connectivity index (χ1) is 16.3. The summed E-state index contributed by atoms with van der Waals surface area (Å²) in [6.45, 7) is 1.82. The largest absolute Gasteiger partial charge is 0.507 e. The third kappa shape index (κ3) is 4.48. The van der Waals surface area contributed by atoms with Crippen LogP contribution in [0.25, 0.3) is 0 Å². The maximum absolute atomic E-state index is 13.7. The van der Waals surface area contributed by atoms with Crippen molar-refractivity contribution < 1.29 is 34.2 Å². The fourth-order valence-corrected chi connectivity index (χ4v) is 5.44. The summed E-state index contributed by atoms with van der Waals surface area (Å²) in [5.41, 5.74) is 7.17. The number of aryl methyl sites for hydroxylation is 1. The summed E-state index contributed by atoms with van der Waals surface area (Å²) in [4.78, 5) is 68.3. The van der Waals surface area contributed by atoms with E-state index >= 15 is 0 Å². The number of benzene rings is 1. The van der Waals surface area contributed by atoms with Gasteiger partial charge in [-0.2, -0.15) is 0 Å². The number of aliphatic hydroxyl groups is 1. The maximum Gasteiger partial charge on any atom is 0.265 e. The number of likely N-dealkylation sites (N-methyl/N-ethyl adjacent to an activating group) is 1. The zero-order valence-corrected chi connectivity index (χ0v) is 20.7. The van der Waals surface area contributed by atoms with E-state index in [2.05, 4.69) is 0 Å². The minimum Gasteiger partial charge on any atom is -0.507 e. The third-order valence-electron chi connectivity index (χ3n) is 7.34. The summed E-state index contributed by atoms with van der Waals surface area (Å²) in [5, 5.41) is 21.7.